The molecule has 0 heterocycles. The van der Waals surface area contributed by atoms with Crippen molar-refractivity contribution in [3.8, 4) is 0 Å². The van der Waals surface area contributed by atoms with Crippen LogP contribution in [0.1, 0.15) is 45.1 Å². The van der Waals surface area contributed by atoms with Crippen LogP contribution in [0, 0.1) is 0 Å². The highest BCUT2D eigenvalue weighted by atomic mass is 79.9. The molecular weight excluding hydrogens is 334 g/mol. The highest BCUT2D eigenvalue weighted by molar-refractivity contribution is 9.10. The molecular formula is C16H24BrNO3. The van der Waals surface area contributed by atoms with Gasteiger partial charge in [0, 0.05) is 23.5 Å². The van der Waals surface area contributed by atoms with Crippen LogP contribution < -0.4 is 5.32 Å². The number of alkyl carbamates (subject to hydrolysis) is 1. The van der Waals surface area contributed by atoms with Crippen molar-refractivity contribution in [2.75, 3.05) is 13.2 Å². The van der Waals surface area contributed by atoms with Gasteiger partial charge < -0.3 is 15.2 Å². The first-order valence-electron chi connectivity index (χ1n) is 7.15. The Hall–Kier alpha value is -1.07. The first-order valence-corrected chi connectivity index (χ1v) is 7.94. The van der Waals surface area contributed by atoms with Gasteiger partial charge >= 0.3 is 6.09 Å². The minimum atomic E-state index is -0.498. The van der Waals surface area contributed by atoms with Gasteiger partial charge in [-0.15, -0.1) is 0 Å². The third-order valence-corrected chi connectivity index (χ3v) is 3.47. The van der Waals surface area contributed by atoms with Crippen LogP contribution in [0.3, 0.4) is 0 Å². The second-order valence-electron chi connectivity index (χ2n) is 6.00. The van der Waals surface area contributed by atoms with Gasteiger partial charge in [-0.2, -0.15) is 0 Å². The van der Waals surface area contributed by atoms with Crippen LogP contribution in [0.4, 0.5) is 4.79 Å². The fraction of sp³-hybridized carbons (Fsp3) is 0.562. The fourth-order valence-electron chi connectivity index (χ4n) is 1.98. The summed E-state index contributed by atoms with van der Waals surface area (Å²) < 4.78 is 6.26. The topological polar surface area (TPSA) is 58.6 Å². The van der Waals surface area contributed by atoms with Crippen molar-refractivity contribution in [1.29, 1.82) is 0 Å². The molecule has 1 atom stereocenters. The van der Waals surface area contributed by atoms with E-state index in [0.717, 1.165) is 16.5 Å². The molecule has 0 aliphatic rings. The van der Waals surface area contributed by atoms with Crippen LogP contribution >= 0.6 is 15.9 Å². The molecule has 0 radical (unpaired) electrons. The van der Waals surface area contributed by atoms with Gasteiger partial charge in [0.05, 0.1) is 0 Å². The van der Waals surface area contributed by atoms with Gasteiger partial charge in [0.2, 0.25) is 0 Å². The maximum absolute atomic E-state index is 11.7. The van der Waals surface area contributed by atoms with Crippen molar-refractivity contribution >= 4 is 22.0 Å². The quantitative estimate of drug-likeness (QED) is 0.813. The molecule has 1 aromatic rings. The summed E-state index contributed by atoms with van der Waals surface area (Å²) in [6.45, 7) is 6.16. The number of halogens is 1. The van der Waals surface area contributed by atoms with Gasteiger partial charge in [-0.05, 0) is 51.3 Å². The van der Waals surface area contributed by atoms with E-state index in [2.05, 4.69) is 21.2 Å². The van der Waals surface area contributed by atoms with E-state index >= 15 is 0 Å². The molecule has 2 N–H and O–H groups in total. The van der Waals surface area contributed by atoms with Gasteiger partial charge in [-0.25, -0.2) is 4.79 Å². The molecule has 0 saturated heterocycles. The minimum absolute atomic E-state index is 0.152. The molecule has 118 valence electrons. The zero-order chi connectivity index (χ0) is 15.9. The lowest BCUT2D eigenvalue weighted by atomic mass is 9.94. The molecule has 21 heavy (non-hydrogen) atoms. The molecule has 5 heteroatoms. The number of amides is 1. The van der Waals surface area contributed by atoms with Crippen molar-refractivity contribution in [3.05, 3.63) is 34.3 Å². The molecule has 4 nitrogen and oxygen atoms in total. The molecule has 0 spiro atoms. The summed E-state index contributed by atoms with van der Waals surface area (Å²) in [5, 5.41) is 11.8. The number of benzene rings is 1. The van der Waals surface area contributed by atoms with Crippen LogP contribution in [-0.2, 0) is 4.74 Å². The minimum Gasteiger partial charge on any atom is -0.444 e. The lowest BCUT2D eigenvalue weighted by Gasteiger charge is -2.22. The molecule has 0 saturated carbocycles. The lowest BCUT2D eigenvalue weighted by molar-refractivity contribution is 0.0523. The Morgan fingerprint density at radius 1 is 1.33 bits per heavy atom. The van der Waals surface area contributed by atoms with E-state index in [1.54, 1.807) is 0 Å². The highest BCUT2D eigenvalue weighted by Gasteiger charge is 2.18. The van der Waals surface area contributed by atoms with Crippen LogP contribution in [-0.4, -0.2) is 30.0 Å². The van der Waals surface area contributed by atoms with Gasteiger partial charge in [-0.3, -0.25) is 0 Å². The van der Waals surface area contributed by atoms with E-state index in [9.17, 15) is 4.79 Å². The van der Waals surface area contributed by atoms with E-state index in [1.807, 2.05) is 45.0 Å². The third kappa shape index (κ3) is 7.48. The van der Waals surface area contributed by atoms with Crippen LogP contribution in [0.15, 0.2) is 28.7 Å². The second-order valence-corrected chi connectivity index (χ2v) is 6.91. The number of hydrogen-bond donors (Lipinski definition) is 2. The van der Waals surface area contributed by atoms with Crippen molar-refractivity contribution in [2.45, 2.75) is 45.1 Å². The third-order valence-electron chi connectivity index (χ3n) is 2.94. The Morgan fingerprint density at radius 3 is 2.48 bits per heavy atom. The Bertz CT molecular complexity index is 440. The zero-order valence-corrected chi connectivity index (χ0v) is 14.4. The van der Waals surface area contributed by atoms with Crippen LogP contribution in [0.5, 0.6) is 0 Å². The summed E-state index contributed by atoms with van der Waals surface area (Å²) in [4.78, 5) is 11.7. The summed E-state index contributed by atoms with van der Waals surface area (Å²) in [5.74, 6) is 0.165. The van der Waals surface area contributed by atoms with Crippen molar-refractivity contribution in [1.82, 2.24) is 5.32 Å². The smallest absolute Gasteiger partial charge is 0.407 e. The monoisotopic (exact) mass is 357 g/mol. The summed E-state index contributed by atoms with van der Waals surface area (Å²) in [6.07, 6.45) is 1.11. The van der Waals surface area contributed by atoms with Gasteiger partial charge in [0.1, 0.15) is 5.60 Å². The Labute approximate surface area is 135 Å². The van der Waals surface area contributed by atoms with Crippen molar-refractivity contribution in [2.24, 2.45) is 0 Å². The normalized spacial score (nSPS) is 12.8. The van der Waals surface area contributed by atoms with Crippen LogP contribution in [0.25, 0.3) is 0 Å². The predicted octanol–water partition coefficient (Wildman–Crippen LogP) is 3.83. The maximum atomic E-state index is 11.7. The zero-order valence-electron chi connectivity index (χ0n) is 12.9. The molecule has 1 aromatic carbocycles. The lowest BCUT2D eigenvalue weighted by Crippen LogP contribution is -2.34. The first kappa shape index (κ1) is 18.0. The van der Waals surface area contributed by atoms with Crippen LogP contribution in [0.2, 0.25) is 0 Å². The van der Waals surface area contributed by atoms with Gasteiger partial charge in [0.25, 0.3) is 0 Å². The number of carbonyl (C=O) groups excluding carboxylic acids is 1. The first-order chi connectivity index (χ1) is 9.81. The summed E-state index contributed by atoms with van der Waals surface area (Å²) >= 11 is 3.41. The maximum Gasteiger partial charge on any atom is 0.407 e. The van der Waals surface area contributed by atoms with E-state index in [1.165, 1.54) is 0 Å². The number of hydrogen-bond acceptors (Lipinski definition) is 3. The number of aliphatic hydroxyl groups excluding tert-OH is 1. The fourth-order valence-corrected chi connectivity index (χ4v) is 2.24. The molecule has 0 bridgehead atoms. The summed E-state index contributed by atoms with van der Waals surface area (Å²) in [5.41, 5.74) is 0.644. The SMILES string of the molecule is CC(C)(C)OC(=O)NC[C@@H](CCCO)c1ccc(Br)cc1. The van der Waals surface area contributed by atoms with Gasteiger partial charge in [0.15, 0.2) is 0 Å². The van der Waals surface area contributed by atoms with Crippen molar-refractivity contribution in [3.63, 3.8) is 0 Å². The molecule has 1 rings (SSSR count). The second kappa shape index (κ2) is 8.39. The summed E-state index contributed by atoms with van der Waals surface area (Å²) in [7, 11) is 0. The van der Waals surface area contributed by atoms with E-state index in [-0.39, 0.29) is 12.5 Å². The number of ether oxygens (including phenoxy) is 1. The molecule has 0 unspecified atom stereocenters. The van der Waals surface area contributed by atoms with E-state index in [0.29, 0.717) is 13.0 Å². The largest absolute Gasteiger partial charge is 0.444 e. The Kier molecular flexibility index (Phi) is 7.18. The predicted molar refractivity (Wildman–Crippen MR) is 87.4 cm³/mol. The van der Waals surface area contributed by atoms with Crippen molar-refractivity contribution < 1.29 is 14.6 Å². The molecule has 0 aliphatic carbocycles. The number of aliphatic hydroxyl groups is 1. The number of carbonyl (C=O) groups is 1. The van der Waals surface area contributed by atoms with E-state index in [4.69, 9.17) is 9.84 Å². The molecule has 0 fully saturated rings. The average Bonchev–Trinajstić information content (AvgIpc) is 2.38. The number of rotatable bonds is 6. The van der Waals surface area contributed by atoms with E-state index < -0.39 is 11.7 Å². The van der Waals surface area contributed by atoms with Gasteiger partial charge in [-0.1, -0.05) is 28.1 Å². The Balaban J connectivity index is 2.62. The average molecular weight is 358 g/mol. The number of nitrogens with one attached hydrogen (secondary N) is 1. The highest BCUT2D eigenvalue weighted by Crippen LogP contribution is 2.22. The molecule has 0 aliphatic heterocycles. The Morgan fingerprint density at radius 2 is 1.95 bits per heavy atom. The standard InChI is InChI=1S/C16H24BrNO3/c1-16(2,3)21-15(20)18-11-13(5-4-10-19)12-6-8-14(17)9-7-12/h6-9,13,19H,4-5,10-11H2,1-3H3,(H,18,20)/t13-/m1/s1. The molecule has 0 aromatic heterocycles. The molecule has 1 amide bonds. The summed E-state index contributed by atoms with van der Waals surface area (Å²) in [6, 6.07) is 8.02.